The largest absolute Gasteiger partial charge is 0.356 e. The summed E-state index contributed by atoms with van der Waals surface area (Å²) in [6, 6.07) is 12.2. The molecule has 1 aliphatic rings. The lowest BCUT2D eigenvalue weighted by Gasteiger charge is -2.18. The second-order valence-electron chi connectivity index (χ2n) is 6.37. The number of carbonyl (C=O) groups is 1. The molecule has 126 valence electrons. The van der Waals surface area contributed by atoms with Crippen LogP contribution < -0.4 is 10.2 Å². The zero-order valence-corrected chi connectivity index (χ0v) is 14.6. The number of hydrogen-bond acceptors (Lipinski definition) is 3. The third-order valence-corrected chi connectivity index (χ3v) is 4.65. The number of carbonyl (C=O) groups excluding carboxylic acids is 1. The molecule has 1 unspecified atom stereocenters. The first kappa shape index (κ1) is 16.8. The van der Waals surface area contributed by atoms with Gasteiger partial charge in [-0.2, -0.15) is 0 Å². The smallest absolute Gasteiger partial charge is 0.217 e. The van der Waals surface area contributed by atoms with Crippen LogP contribution in [0.3, 0.4) is 0 Å². The summed E-state index contributed by atoms with van der Waals surface area (Å²) < 4.78 is 0. The van der Waals surface area contributed by atoms with Crippen LogP contribution in [0.1, 0.15) is 24.5 Å². The summed E-state index contributed by atoms with van der Waals surface area (Å²) in [5.41, 5.74) is 2.36. The molecule has 1 atom stereocenters. The number of aromatic nitrogens is 1. The first-order chi connectivity index (χ1) is 11.6. The maximum atomic E-state index is 11.0. The van der Waals surface area contributed by atoms with Crippen LogP contribution in [0.5, 0.6) is 0 Å². The molecule has 1 amide bonds. The van der Waals surface area contributed by atoms with Crippen LogP contribution in [0.25, 0.3) is 0 Å². The molecule has 0 aliphatic carbocycles. The molecule has 2 aromatic rings. The molecule has 1 N–H and O–H groups in total. The number of pyridine rings is 1. The van der Waals surface area contributed by atoms with E-state index < -0.39 is 0 Å². The molecule has 0 radical (unpaired) electrons. The number of rotatable bonds is 5. The first-order valence-electron chi connectivity index (χ1n) is 8.29. The van der Waals surface area contributed by atoms with Gasteiger partial charge in [0, 0.05) is 37.8 Å². The van der Waals surface area contributed by atoms with Crippen LogP contribution in [0.15, 0.2) is 42.6 Å². The van der Waals surface area contributed by atoms with Gasteiger partial charge in [0.15, 0.2) is 0 Å². The highest BCUT2D eigenvalue weighted by atomic mass is 35.5. The molecule has 2 heterocycles. The van der Waals surface area contributed by atoms with E-state index in [1.807, 2.05) is 30.5 Å². The molecule has 0 saturated carbocycles. The Hall–Kier alpha value is -2.07. The molecule has 1 fully saturated rings. The van der Waals surface area contributed by atoms with Gasteiger partial charge in [-0.3, -0.25) is 4.79 Å². The Balaban J connectivity index is 1.55. The van der Waals surface area contributed by atoms with E-state index >= 15 is 0 Å². The first-order valence-corrected chi connectivity index (χ1v) is 8.67. The van der Waals surface area contributed by atoms with Crippen LogP contribution in [0.2, 0.25) is 5.02 Å². The lowest BCUT2D eigenvalue weighted by Crippen LogP contribution is -2.22. The van der Waals surface area contributed by atoms with Gasteiger partial charge >= 0.3 is 0 Å². The van der Waals surface area contributed by atoms with E-state index in [0.29, 0.717) is 12.5 Å². The van der Waals surface area contributed by atoms with Crippen molar-refractivity contribution >= 4 is 23.3 Å². The minimum absolute atomic E-state index is 0.0244. The minimum atomic E-state index is -0.0244. The van der Waals surface area contributed by atoms with Crippen molar-refractivity contribution in [2.75, 3.05) is 18.0 Å². The zero-order valence-electron chi connectivity index (χ0n) is 13.8. The number of amides is 1. The monoisotopic (exact) mass is 343 g/mol. The molecule has 1 aromatic carbocycles. The van der Waals surface area contributed by atoms with Crippen molar-refractivity contribution in [3.05, 3.63) is 58.7 Å². The van der Waals surface area contributed by atoms with Crippen molar-refractivity contribution in [1.82, 2.24) is 10.3 Å². The van der Waals surface area contributed by atoms with E-state index in [-0.39, 0.29) is 5.91 Å². The predicted octanol–water partition coefficient (Wildman–Crippen LogP) is 3.44. The van der Waals surface area contributed by atoms with Gasteiger partial charge in [0.25, 0.3) is 0 Å². The van der Waals surface area contributed by atoms with Crippen LogP contribution in [0.4, 0.5) is 5.82 Å². The van der Waals surface area contributed by atoms with E-state index in [4.69, 9.17) is 11.6 Å². The van der Waals surface area contributed by atoms with Gasteiger partial charge in [-0.25, -0.2) is 4.98 Å². The van der Waals surface area contributed by atoms with Gasteiger partial charge in [-0.05, 0) is 48.1 Å². The quantitative estimate of drug-likeness (QED) is 0.904. The maximum Gasteiger partial charge on any atom is 0.217 e. The molecule has 1 saturated heterocycles. The van der Waals surface area contributed by atoms with Gasteiger partial charge in [0.1, 0.15) is 5.82 Å². The van der Waals surface area contributed by atoms with Crippen LogP contribution in [-0.2, 0) is 17.8 Å². The van der Waals surface area contributed by atoms with Crippen molar-refractivity contribution in [1.29, 1.82) is 0 Å². The summed E-state index contributed by atoms with van der Waals surface area (Å²) in [5, 5.41) is 3.57. The molecule has 3 rings (SSSR count). The molecule has 4 nitrogen and oxygen atoms in total. The summed E-state index contributed by atoms with van der Waals surface area (Å²) in [7, 11) is 0. The highest BCUT2D eigenvalue weighted by Gasteiger charge is 2.23. The van der Waals surface area contributed by atoms with E-state index in [1.165, 1.54) is 18.9 Å². The van der Waals surface area contributed by atoms with Gasteiger partial charge < -0.3 is 10.2 Å². The minimum Gasteiger partial charge on any atom is -0.356 e. The molecular weight excluding hydrogens is 322 g/mol. The summed E-state index contributed by atoms with van der Waals surface area (Å²) >= 11 is 5.94. The topological polar surface area (TPSA) is 45.2 Å². The Morgan fingerprint density at radius 1 is 1.25 bits per heavy atom. The third-order valence-electron chi connectivity index (χ3n) is 4.40. The number of benzene rings is 1. The second kappa shape index (κ2) is 7.67. The lowest BCUT2D eigenvalue weighted by molar-refractivity contribution is -0.119. The predicted molar refractivity (Wildman–Crippen MR) is 97.2 cm³/mol. The lowest BCUT2D eigenvalue weighted by atomic mass is 9.99. The van der Waals surface area contributed by atoms with Gasteiger partial charge in [0.05, 0.1) is 0 Å². The number of anilines is 1. The van der Waals surface area contributed by atoms with Crippen LogP contribution in [-0.4, -0.2) is 24.0 Å². The van der Waals surface area contributed by atoms with E-state index in [1.54, 1.807) is 0 Å². The molecule has 5 heteroatoms. The summed E-state index contributed by atoms with van der Waals surface area (Å²) in [4.78, 5) is 17.8. The van der Waals surface area contributed by atoms with Gasteiger partial charge in [0.2, 0.25) is 5.91 Å². The molecule has 24 heavy (non-hydrogen) atoms. The summed E-state index contributed by atoms with van der Waals surface area (Å²) in [6.45, 7) is 4.12. The number of nitrogens with zero attached hydrogens (tertiary/aromatic N) is 2. The van der Waals surface area contributed by atoms with Gasteiger partial charge in [-0.15, -0.1) is 0 Å². The average molecular weight is 344 g/mol. The molecule has 1 aliphatic heterocycles. The van der Waals surface area contributed by atoms with E-state index in [9.17, 15) is 4.79 Å². The highest BCUT2D eigenvalue weighted by molar-refractivity contribution is 6.30. The second-order valence-corrected chi connectivity index (χ2v) is 6.80. The molecule has 0 spiro atoms. The molecule has 0 bridgehead atoms. The van der Waals surface area contributed by atoms with Gasteiger partial charge in [-0.1, -0.05) is 29.8 Å². The Kier molecular flexibility index (Phi) is 5.36. The standard InChI is InChI=1S/C19H22ClN3O/c1-14(24)21-11-17-4-7-19(22-12-17)23-9-8-16(13-23)10-15-2-5-18(20)6-3-15/h2-7,12,16H,8-11,13H2,1H3,(H,21,24). The number of hydrogen-bond donors (Lipinski definition) is 1. The zero-order chi connectivity index (χ0) is 16.9. The molecular formula is C19H22ClN3O. The van der Waals surface area contributed by atoms with Crippen molar-refractivity contribution < 1.29 is 4.79 Å². The van der Waals surface area contributed by atoms with E-state index in [2.05, 4.69) is 27.3 Å². The van der Waals surface area contributed by atoms with Crippen molar-refractivity contribution in [3.63, 3.8) is 0 Å². The van der Waals surface area contributed by atoms with Crippen LogP contribution >= 0.6 is 11.6 Å². The third kappa shape index (κ3) is 4.48. The Morgan fingerprint density at radius 3 is 2.67 bits per heavy atom. The Morgan fingerprint density at radius 2 is 2.00 bits per heavy atom. The Labute approximate surface area is 147 Å². The number of nitrogens with one attached hydrogen (secondary N) is 1. The fourth-order valence-electron chi connectivity index (χ4n) is 3.10. The fourth-order valence-corrected chi connectivity index (χ4v) is 3.22. The Bertz CT molecular complexity index is 685. The SMILES string of the molecule is CC(=O)NCc1ccc(N2CCC(Cc3ccc(Cl)cc3)C2)nc1. The highest BCUT2D eigenvalue weighted by Crippen LogP contribution is 2.25. The summed E-state index contributed by atoms with van der Waals surface area (Å²) in [6.07, 6.45) is 4.10. The van der Waals surface area contributed by atoms with E-state index in [0.717, 1.165) is 35.9 Å². The average Bonchev–Trinajstić information content (AvgIpc) is 3.04. The molecule has 1 aromatic heterocycles. The summed E-state index contributed by atoms with van der Waals surface area (Å²) in [5.74, 6) is 1.64. The number of halogens is 1. The van der Waals surface area contributed by atoms with Crippen LogP contribution in [0, 0.1) is 5.92 Å². The van der Waals surface area contributed by atoms with Crippen molar-refractivity contribution in [3.8, 4) is 0 Å². The van der Waals surface area contributed by atoms with Crippen molar-refractivity contribution in [2.45, 2.75) is 26.3 Å². The fraction of sp³-hybridized carbons (Fsp3) is 0.368. The maximum absolute atomic E-state index is 11.0. The normalized spacial score (nSPS) is 17.1. The van der Waals surface area contributed by atoms with Crippen molar-refractivity contribution in [2.24, 2.45) is 5.92 Å².